The third-order valence-electron chi connectivity index (χ3n) is 25.1. The van der Waals surface area contributed by atoms with Crippen LogP contribution in [0.3, 0.4) is 0 Å². The van der Waals surface area contributed by atoms with Crippen LogP contribution in [0.4, 0.5) is 0 Å². The van der Waals surface area contributed by atoms with E-state index in [1.165, 1.54) is 0 Å². The summed E-state index contributed by atoms with van der Waals surface area (Å²) >= 11 is 0. The van der Waals surface area contributed by atoms with Gasteiger partial charge in [0.25, 0.3) is 0 Å². The number of hydrogen-bond acceptors (Lipinski definition) is 20. The Morgan fingerprint density at radius 1 is 0.230 bits per heavy atom. The molecular weight excluding hydrogens is 1750 g/mol. The fourth-order valence-electron chi connectivity index (χ4n) is 16.0. The van der Waals surface area contributed by atoms with Crippen LogP contribution in [0.2, 0.25) is 0 Å². The first kappa shape index (κ1) is 115. The number of ether oxygens (including phenoxy) is 10. The molecule has 9 unspecified atom stereocenters. The molecule has 0 aliphatic heterocycles. The molecule has 9 atom stereocenters. The van der Waals surface area contributed by atoms with E-state index in [-0.39, 0.29) is 108 Å². The fraction of sp³-hybridized carbons (Fsp3) is 0.412. The summed E-state index contributed by atoms with van der Waals surface area (Å²) in [5, 5.41) is 0. The fourth-order valence-corrected chi connectivity index (χ4v) is 16.0. The second kappa shape index (κ2) is 62.0. The van der Waals surface area contributed by atoms with Crippen molar-refractivity contribution < 1.29 is 95.3 Å². The van der Waals surface area contributed by atoms with Gasteiger partial charge in [-0.3, -0.25) is 0 Å². The van der Waals surface area contributed by atoms with Gasteiger partial charge in [-0.05, 0) is 224 Å². The molecule has 744 valence electrons. The van der Waals surface area contributed by atoms with Crippen molar-refractivity contribution in [2.45, 2.75) is 305 Å². The summed E-state index contributed by atoms with van der Waals surface area (Å²) in [4.78, 5) is 125. The zero-order valence-corrected chi connectivity index (χ0v) is 84.5. The number of hydrogen-bond donors (Lipinski definition) is 0. The van der Waals surface area contributed by atoms with E-state index < -0.39 is 22.4 Å². The second-order valence-electron chi connectivity index (χ2n) is 35.2. The minimum absolute atomic E-state index is 0.0414. The van der Waals surface area contributed by atoms with Crippen LogP contribution in [0, 0.1) is 11.8 Å². The van der Waals surface area contributed by atoms with Crippen LogP contribution < -0.4 is 0 Å². The predicted octanol–water partition coefficient (Wildman–Crippen LogP) is 28.4. The second-order valence-corrected chi connectivity index (χ2v) is 35.2. The highest BCUT2D eigenvalue weighted by molar-refractivity contribution is 5.94. The lowest BCUT2D eigenvalue weighted by Gasteiger charge is -2.36. The Morgan fingerprint density at radius 2 is 0.439 bits per heavy atom. The zero-order chi connectivity index (χ0) is 101. The Kier molecular flexibility index (Phi) is 51.1. The van der Waals surface area contributed by atoms with Crippen LogP contribution in [-0.2, 0) is 47.4 Å². The van der Waals surface area contributed by atoms with Gasteiger partial charge in [0.2, 0.25) is 0 Å². The normalized spacial score (nSPS) is 13.7. The molecule has 0 bridgehead atoms. The van der Waals surface area contributed by atoms with Gasteiger partial charge in [-0.2, -0.15) is 0 Å². The van der Waals surface area contributed by atoms with Gasteiger partial charge in [0.15, 0.2) is 0 Å². The Labute approximate surface area is 825 Å². The molecule has 0 spiro atoms. The van der Waals surface area contributed by atoms with E-state index in [1.54, 1.807) is 146 Å². The van der Waals surface area contributed by atoms with Crippen LogP contribution in [-0.4, -0.2) is 119 Å². The quantitative estimate of drug-likeness (QED) is 0.0253. The molecule has 0 aliphatic rings. The molecule has 0 aromatic heterocycles. The summed E-state index contributed by atoms with van der Waals surface area (Å²) in [5.74, 6) is -3.41. The topological polar surface area (TPSA) is 263 Å². The maximum absolute atomic E-state index is 12.8. The van der Waals surface area contributed by atoms with Gasteiger partial charge in [0.05, 0.1) is 55.6 Å². The molecule has 0 fully saturated rings. The highest BCUT2D eigenvalue weighted by Crippen LogP contribution is 2.37. The van der Waals surface area contributed by atoms with Crippen molar-refractivity contribution in [3.8, 4) is 0 Å². The summed E-state index contributed by atoms with van der Waals surface area (Å²) in [6, 6.07) is 89.7. The molecule has 10 aromatic rings. The van der Waals surface area contributed by atoms with Gasteiger partial charge < -0.3 is 47.4 Å². The van der Waals surface area contributed by atoms with Crippen LogP contribution in [0.5, 0.6) is 0 Å². The molecule has 20 nitrogen and oxygen atoms in total. The molecule has 0 heterocycles. The molecular formula is C119H148O20. The van der Waals surface area contributed by atoms with Crippen molar-refractivity contribution in [3.63, 3.8) is 0 Å². The number of esters is 10. The van der Waals surface area contributed by atoms with Crippen molar-refractivity contribution in [1.82, 2.24) is 0 Å². The van der Waals surface area contributed by atoms with E-state index >= 15 is 0 Å². The lowest BCUT2D eigenvalue weighted by Crippen LogP contribution is -2.41. The summed E-state index contributed by atoms with van der Waals surface area (Å²) in [5.41, 5.74) is 2.56. The lowest BCUT2D eigenvalue weighted by molar-refractivity contribution is -0.0629. The molecule has 0 amide bonds. The molecule has 139 heavy (non-hydrogen) atoms. The Balaban J connectivity index is 0.000000266. The van der Waals surface area contributed by atoms with E-state index in [9.17, 15) is 47.9 Å². The molecule has 0 N–H and O–H groups in total. The van der Waals surface area contributed by atoms with Gasteiger partial charge in [0, 0.05) is 31.6 Å². The molecule has 20 heteroatoms. The Morgan fingerprint density at radius 3 is 0.647 bits per heavy atom. The number of rotatable bonds is 48. The minimum Gasteiger partial charge on any atom is -0.459 e. The standard InChI is InChI=1S/C25H32O4.2C24H30O4.2C23H28O4/c1-4-7-18-25(6-3,29-24(27)21-16-12-9-13-17-21)19-22(5-2)28-23(26)20-14-10-8-11-15-20;1-4-17-24(6-3,28-23(26)20-15-11-8-12-16-20)18-21(5-2)27-22(25)19-13-9-7-10-14-19;1-4-13-20(21(5-2)27-23(25)18-14-9-7-10-15-18)22(6-3)28-24(26)19-16-11-8-12-17-19;1-5-20(26-21(24)18-12-8-6-9-13-18)16-23(4,17(2)3)27-22(25)19-14-10-7-11-15-19;1-4-20(26-21(24)18-13-9-7-10-14-18)17-23(5-2,6-3)27-22(25)19-15-11-8-12-16-19/h8-17,22H,4-7,18-19H2,1-3H3;7-16,21H,4-6,17-18H2,1-3H3;7-12,14-17,20-22H,4-6,13H2,1-3H3;6-15,17,20H,5,16H2,1-4H3;7-16,20H,4-6,17H2,1-3H3. The van der Waals surface area contributed by atoms with Gasteiger partial charge in [0.1, 0.15) is 59.0 Å². The summed E-state index contributed by atoms with van der Waals surface area (Å²) in [6.07, 6.45) is 12.7. The van der Waals surface area contributed by atoms with Crippen LogP contribution in [0.15, 0.2) is 303 Å². The Hall–Kier alpha value is -13.1. The van der Waals surface area contributed by atoms with Crippen molar-refractivity contribution in [2.75, 3.05) is 0 Å². The van der Waals surface area contributed by atoms with Crippen molar-refractivity contribution in [3.05, 3.63) is 359 Å². The maximum Gasteiger partial charge on any atom is 0.338 e. The van der Waals surface area contributed by atoms with Gasteiger partial charge in [-0.15, -0.1) is 0 Å². The van der Waals surface area contributed by atoms with E-state index in [0.29, 0.717) is 146 Å². The van der Waals surface area contributed by atoms with Gasteiger partial charge in [-0.25, -0.2) is 47.9 Å². The van der Waals surface area contributed by atoms with Crippen LogP contribution in [0.1, 0.15) is 349 Å². The summed E-state index contributed by atoms with van der Waals surface area (Å²) in [6.45, 7) is 32.1. The summed E-state index contributed by atoms with van der Waals surface area (Å²) < 4.78 is 58.5. The van der Waals surface area contributed by atoms with E-state index in [1.807, 2.05) is 248 Å². The SMILES string of the molecule is CCC(CC(C)(OC(=O)c1ccccc1)C(C)C)OC(=O)c1ccccc1.CCC(CC(CC)(CC)OC(=O)c1ccccc1)OC(=O)c1ccccc1.CCCC(C(CC)OC(=O)c1ccccc1)C(CC)OC(=O)c1ccccc1.CCCC(CC)(CC(CC)OC(=O)c1ccccc1)OC(=O)c1ccccc1.CCCCC(CC)(CC(CC)OC(=O)c1ccccc1)OC(=O)c1ccccc1. The van der Waals surface area contributed by atoms with E-state index in [0.717, 1.165) is 44.9 Å². The predicted molar refractivity (Wildman–Crippen MR) is 547 cm³/mol. The first-order chi connectivity index (χ1) is 67.0. The average molecular weight is 1900 g/mol. The molecule has 0 saturated carbocycles. The number of benzene rings is 10. The van der Waals surface area contributed by atoms with Gasteiger partial charge >= 0.3 is 59.7 Å². The average Bonchev–Trinajstić information content (AvgIpc) is 0.825. The highest BCUT2D eigenvalue weighted by Gasteiger charge is 2.42. The Bertz CT molecular complexity index is 5030. The largest absolute Gasteiger partial charge is 0.459 e. The van der Waals surface area contributed by atoms with Gasteiger partial charge in [-0.1, -0.05) is 305 Å². The van der Waals surface area contributed by atoms with Crippen LogP contribution >= 0.6 is 0 Å². The van der Waals surface area contributed by atoms with Crippen molar-refractivity contribution in [1.29, 1.82) is 0 Å². The number of carbonyl (C=O) groups is 10. The third kappa shape index (κ3) is 38.7. The molecule has 0 saturated heterocycles. The molecule has 10 rings (SSSR count). The first-order valence-electron chi connectivity index (χ1n) is 49.7. The minimum atomic E-state index is -0.745. The molecule has 0 aliphatic carbocycles. The first-order valence-corrected chi connectivity index (χ1v) is 49.7. The molecule has 0 radical (unpaired) electrons. The van der Waals surface area contributed by atoms with Crippen molar-refractivity contribution >= 4 is 59.7 Å². The smallest absolute Gasteiger partial charge is 0.338 e. The summed E-state index contributed by atoms with van der Waals surface area (Å²) in [7, 11) is 0. The zero-order valence-electron chi connectivity index (χ0n) is 84.5. The van der Waals surface area contributed by atoms with Crippen LogP contribution in [0.25, 0.3) is 0 Å². The number of unbranched alkanes of at least 4 members (excludes halogenated alkanes) is 1. The maximum atomic E-state index is 12.8. The van der Waals surface area contributed by atoms with E-state index in [2.05, 4.69) is 20.8 Å². The monoisotopic (exact) mass is 1900 g/mol. The van der Waals surface area contributed by atoms with Crippen molar-refractivity contribution in [2.24, 2.45) is 11.8 Å². The number of carbonyl (C=O) groups excluding carboxylic acids is 10. The molecule has 10 aromatic carbocycles. The highest BCUT2D eigenvalue weighted by atomic mass is 16.6. The lowest BCUT2D eigenvalue weighted by atomic mass is 9.85. The van der Waals surface area contributed by atoms with E-state index in [4.69, 9.17) is 47.4 Å². The third-order valence-corrected chi connectivity index (χ3v) is 25.1.